The van der Waals surface area contributed by atoms with Crippen LogP contribution in [0, 0.1) is 0 Å². The number of hydrogen-bond acceptors (Lipinski definition) is 6. The van der Waals surface area contributed by atoms with Gasteiger partial charge < -0.3 is 23.8 Å². The zero-order valence-electron chi connectivity index (χ0n) is 19.1. The normalized spacial score (nSPS) is 24.2. The topological polar surface area (TPSA) is 74.3 Å². The van der Waals surface area contributed by atoms with Gasteiger partial charge in [0.05, 0.1) is 18.1 Å². The maximum atomic E-state index is 12.6. The van der Waals surface area contributed by atoms with Gasteiger partial charge in [-0.05, 0) is 36.3 Å². The molecule has 5 rings (SSSR count). The van der Waals surface area contributed by atoms with E-state index < -0.39 is 11.5 Å². The van der Waals surface area contributed by atoms with Gasteiger partial charge in [-0.1, -0.05) is 43.0 Å². The number of rotatable bonds is 5. The van der Waals surface area contributed by atoms with Gasteiger partial charge in [0.2, 0.25) is 0 Å². The Kier molecular flexibility index (Phi) is 5.77. The van der Waals surface area contributed by atoms with Crippen LogP contribution < -0.4 is 9.47 Å². The van der Waals surface area contributed by atoms with E-state index in [-0.39, 0.29) is 24.8 Å². The zero-order valence-corrected chi connectivity index (χ0v) is 19.1. The molecule has 7 heteroatoms. The van der Waals surface area contributed by atoms with E-state index in [1.807, 2.05) is 36.4 Å². The Morgan fingerprint density at radius 1 is 1.24 bits per heavy atom. The van der Waals surface area contributed by atoms with Crippen molar-refractivity contribution in [2.45, 2.75) is 37.0 Å². The van der Waals surface area contributed by atoms with E-state index in [0.717, 1.165) is 11.1 Å². The number of amides is 1. The summed E-state index contributed by atoms with van der Waals surface area (Å²) in [7, 11) is 1.62. The van der Waals surface area contributed by atoms with Crippen molar-refractivity contribution < 1.29 is 28.5 Å². The van der Waals surface area contributed by atoms with Crippen molar-refractivity contribution in [2.24, 2.45) is 0 Å². The molecule has 1 amide bonds. The number of carbonyl (C=O) groups excluding carboxylic acids is 2. The fourth-order valence-corrected chi connectivity index (χ4v) is 5.17. The second-order valence-corrected chi connectivity index (χ2v) is 8.72. The van der Waals surface area contributed by atoms with Crippen LogP contribution in [0.2, 0.25) is 0 Å². The van der Waals surface area contributed by atoms with E-state index in [9.17, 15) is 9.59 Å². The fourth-order valence-electron chi connectivity index (χ4n) is 5.17. The largest absolute Gasteiger partial charge is 0.493 e. The average molecular weight is 462 g/mol. The minimum Gasteiger partial charge on any atom is -0.493 e. The highest BCUT2D eigenvalue weighted by Crippen LogP contribution is 2.56. The lowest BCUT2D eigenvalue weighted by Gasteiger charge is -2.36. The fraction of sp³-hybridized carbons (Fsp3) is 0.333. The highest BCUT2D eigenvalue weighted by molar-refractivity contribution is 5.89. The lowest BCUT2D eigenvalue weighted by Crippen LogP contribution is -2.44. The number of methoxy groups -OCH3 is 1. The summed E-state index contributed by atoms with van der Waals surface area (Å²) in [6, 6.07) is 12.8. The van der Waals surface area contributed by atoms with Crippen LogP contribution in [0.4, 0.5) is 4.79 Å². The number of nitrogens with zero attached hydrogens (tertiary/aromatic N) is 1. The third-order valence-electron chi connectivity index (χ3n) is 6.79. The van der Waals surface area contributed by atoms with Gasteiger partial charge >= 0.3 is 12.1 Å². The third kappa shape index (κ3) is 3.71. The smallest absolute Gasteiger partial charge is 0.410 e. The monoisotopic (exact) mass is 461 g/mol. The summed E-state index contributed by atoms with van der Waals surface area (Å²) in [5.74, 6) is 0.990. The van der Waals surface area contributed by atoms with Crippen LogP contribution in [0.15, 0.2) is 67.3 Å². The summed E-state index contributed by atoms with van der Waals surface area (Å²) in [4.78, 5) is 27.0. The molecule has 2 aromatic carbocycles. The van der Waals surface area contributed by atoms with Crippen molar-refractivity contribution in [3.05, 3.63) is 84.0 Å². The Morgan fingerprint density at radius 2 is 2.06 bits per heavy atom. The van der Waals surface area contributed by atoms with Crippen LogP contribution >= 0.6 is 0 Å². The Hall–Kier alpha value is -3.74. The minimum absolute atomic E-state index is 0.168. The van der Waals surface area contributed by atoms with Crippen molar-refractivity contribution in [3.63, 3.8) is 0 Å². The van der Waals surface area contributed by atoms with Crippen LogP contribution in [0.1, 0.15) is 34.3 Å². The van der Waals surface area contributed by atoms with Crippen LogP contribution in [-0.4, -0.2) is 49.4 Å². The second kappa shape index (κ2) is 8.89. The molecule has 2 heterocycles. The molecule has 176 valence electrons. The first-order chi connectivity index (χ1) is 16.6. The highest BCUT2D eigenvalue weighted by Gasteiger charge is 2.53. The molecular formula is C27H27NO6. The van der Waals surface area contributed by atoms with Crippen LogP contribution in [0.25, 0.3) is 0 Å². The molecule has 0 fully saturated rings. The predicted octanol–water partition coefficient (Wildman–Crippen LogP) is 4.41. The molecule has 7 nitrogen and oxygen atoms in total. The molecule has 0 saturated heterocycles. The van der Waals surface area contributed by atoms with Gasteiger partial charge in [-0.15, -0.1) is 0 Å². The Morgan fingerprint density at radius 3 is 2.82 bits per heavy atom. The first-order valence-corrected chi connectivity index (χ1v) is 11.4. The van der Waals surface area contributed by atoms with Crippen molar-refractivity contribution in [1.29, 1.82) is 0 Å². The molecule has 0 saturated carbocycles. The first kappa shape index (κ1) is 22.1. The summed E-state index contributed by atoms with van der Waals surface area (Å²) < 4.78 is 23.2. The molecule has 3 aliphatic rings. The van der Waals surface area contributed by atoms with Gasteiger partial charge in [0.1, 0.15) is 18.8 Å². The molecule has 3 atom stereocenters. The molecule has 1 spiro atoms. The van der Waals surface area contributed by atoms with E-state index in [2.05, 4.69) is 12.7 Å². The lowest BCUT2D eigenvalue weighted by molar-refractivity contribution is 0.0214. The average Bonchev–Trinajstić information content (AvgIpc) is 3.10. The third-order valence-corrected chi connectivity index (χ3v) is 6.79. The molecule has 2 aliphatic heterocycles. The SMILES string of the molecule is C=CCOC(=O)N1CC[C@@]23C=C[C@H](OC(=O)c4ccccc4)C[C@@H]2Oc2c(OC)ccc(c23)C1. The van der Waals surface area contributed by atoms with Crippen LogP contribution in [-0.2, 0) is 21.4 Å². The molecule has 0 bridgehead atoms. The summed E-state index contributed by atoms with van der Waals surface area (Å²) >= 11 is 0. The summed E-state index contributed by atoms with van der Waals surface area (Å²) in [5, 5.41) is 0. The molecule has 0 radical (unpaired) electrons. The highest BCUT2D eigenvalue weighted by atomic mass is 16.6. The zero-order chi connectivity index (χ0) is 23.7. The van der Waals surface area contributed by atoms with Gasteiger partial charge in [-0.25, -0.2) is 9.59 Å². The summed E-state index contributed by atoms with van der Waals surface area (Å²) in [5.41, 5.74) is 2.11. The van der Waals surface area contributed by atoms with Crippen LogP contribution in [0.3, 0.4) is 0 Å². The molecular weight excluding hydrogens is 434 g/mol. The number of hydrogen-bond donors (Lipinski definition) is 0. The Balaban J connectivity index is 1.45. The lowest BCUT2D eigenvalue weighted by atomic mass is 9.69. The number of carbonyl (C=O) groups is 2. The maximum absolute atomic E-state index is 12.6. The first-order valence-electron chi connectivity index (χ1n) is 11.4. The van der Waals surface area contributed by atoms with Gasteiger partial charge in [0.15, 0.2) is 11.5 Å². The van der Waals surface area contributed by atoms with Gasteiger partial charge in [-0.2, -0.15) is 0 Å². The molecule has 34 heavy (non-hydrogen) atoms. The van der Waals surface area contributed by atoms with E-state index in [1.54, 1.807) is 30.2 Å². The Bertz CT molecular complexity index is 1140. The second-order valence-electron chi connectivity index (χ2n) is 8.72. The predicted molar refractivity (Wildman–Crippen MR) is 125 cm³/mol. The van der Waals surface area contributed by atoms with Gasteiger partial charge in [0, 0.05) is 25.1 Å². The standard InChI is InChI=1S/C27H27NO6/c1-3-15-32-26(30)28-14-13-27-12-11-20(33-25(29)18-7-5-4-6-8-18)16-22(27)34-24-21(31-2)10-9-19(17-28)23(24)27/h3-12,20,22H,1,13-17H2,2H3/t20-,22-,27-/m0/s1. The van der Waals surface area contributed by atoms with Crippen LogP contribution in [0.5, 0.6) is 11.5 Å². The van der Waals surface area contributed by atoms with Gasteiger partial charge in [0.25, 0.3) is 0 Å². The summed E-state index contributed by atoms with van der Waals surface area (Å²) in [6.07, 6.45) is 5.73. The van der Waals surface area contributed by atoms with Crippen molar-refractivity contribution in [3.8, 4) is 11.5 Å². The number of ether oxygens (including phenoxy) is 4. The number of benzene rings is 2. The molecule has 0 unspecified atom stereocenters. The quantitative estimate of drug-likeness (QED) is 0.485. The molecule has 1 aliphatic carbocycles. The molecule has 2 aromatic rings. The van der Waals surface area contributed by atoms with Gasteiger partial charge in [-0.3, -0.25) is 0 Å². The van der Waals surface area contributed by atoms with Crippen molar-refractivity contribution in [2.75, 3.05) is 20.3 Å². The molecule has 0 N–H and O–H groups in total. The van der Waals surface area contributed by atoms with E-state index in [4.69, 9.17) is 18.9 Å². The minimum atomic E-state index is -0.442. The number of esters is 1. The van der Waals surface area contributed by atoms with Crippen molar-refractivity contribution in [1.82, 2.24) is 4.90 Å². The van der Waals surface area contributed by atoms with Crippen molar-refractivity contribution >= 4 is 12.1 Å². The Labute approximate surface area is 198 Å². The van der Waals surface area contributed by atoms with E-state index >= 15 is 0 Å². The summed E-state index contributed by atoms with van der Waals surface area (Å²) in [6.45, 7) is 4.70. The molecule has 0 aromatic heterocycles. The van der Waals surface area contributed by atoms with E-state index in [0.29, 0.717) is 43.0 Å². The maximum Gasteiger partial charge on any atom is 0.410 e. The van der Waals surface area contributed by atoms with E-state index in [1.165, 1.54) is 0 Å².